The van der Waals surface area contributed by atoms with Gasteiger partial charge >= 0.3 is 0 Å². The Bertz CT molecular complexity index is 2130. The average Bonchev–Trinajstić information content (AvgIpc) is 3.33. The first-order chi connectivity index (χ1) is 19.6. The van der Waals surface area contributed by atoms with Crippen molar-refractivity contribution in [3.05, 3.63) is 132 Å². The molecule has 0 nitrogen and oxygen atoms in total. The largest absolute Gasteiger partial charge is 0.0622 e. The summed E-state index contributed by atoms with van der Waals surface area (Å²) >= 11 is 0. The third-order valence-corrected chi connectivity index (χ3v) is 8.95. The third kappa shape index (κ3) is 3.32. The van der Waals surface area contributed by atoms with Gasteiger partial charge in [-0.25, -0.2) is 0 Å². The number of aryl methyl sites for hydroxylation is 3. The summed E-state index contributed by atoms with van der Waals surface area (Å²) in [7, 11) is 0. The molecule has 0 saturated carbocycles. The van der Waals surface area contributed by atoms with Crippen LogP contribution in [0.2, 0.25) is 0 Å². The number of benzene rings is 7. The van der Waals surface area contributed by atoms with Crippen molar-refractivity contribution in [3.63, 3.8) is 0 Å². The molecule has 0 N–H and O–H groups in total. The van der Waals surface area contributed by atoms with Gasteiger partial charge in [0.2, 0.25) is 0 Å². The second kappa shape index (κ2) is 8.66. The van der Waals surface area contributed by atoms with E-state index in [1.165, 1.54) is 93.5 Å². The van der Waals surface area contributed by atoms with Crippen molar-refractivity contribution in [1.82, 2.24) is 0 Å². The second-order valence-corrected chi connectivity index (χ2v) is 11.3. The monoisotopic (exact) mass is 510 g/mol. The van der Waals surface area contributed by atoms with Crippen molar-refractivity contribution in [3.8, 4) is 44.5 Å². The Morgan fingerprint density at radius 2 is 1.15 bits per heavy atom. The molecule has 0 aromatic heterocycles. The van der Waals surface area contributed by atoms with E-state index in [0.717, 1.165) is 6.42 Å². The zero-order chi connectivity index (χ0) is 27.0. The van der Waals surface area contributed by atoms with E-state index in [1.54, 1.807) is 0 Å². The van der Waals surface area contributed by atoms with Crippen LogP contribution in [0, 0.1) is 13.8 Å². The van der Waals surface area contributed by atoms with Gasteiger partial charge in [-0.15, -0.1) is 0 Å². The molecular weight excluding hydrogens is 480 g/mol. The highest BCUT2D eigenvalue weighted by Crippen LogP contribution is 2.52. The Morgan fingerprint density at radius 3 is 1.95 bits per heavy atom. The maximum Gasteiger partial charge on any atom is -0.00172 e. The fourth-order valence-electron chi connectivity index (χ4n) is 6.89. The first-order valence-corrected chi connectivity index (χ1v) is 14.3. The van der Waals surface area contributed by atoms with E-state index in [1.807, 2.05) is 0 Å². The average molecular weight is 511 g/mol. The van der Waals surface area contributed by atoms with Crippen molar-refractivity contribution < 1.29 is 0 Å². The van der Waals surface area contributed by atoms with Crippen LogP contribution in [0.15, 0.2) is 115 Å². The lowest BCUT2D eigenvalue weighted by Crippen LogP contribution is -1.89. The van der Waals surface area contributed by atoms with Gasteiger partial charge in [0.05, 0.1) is 0 Å². The summed E-state index contributed by atoms with van der Waals surface area (Å²) in [5, 5.41) is 8.08. The van der Waals surface area contributed by atoms with Crippen molar-refractivity contribution in [1.29, 1.82) is 0 Å². The summed E-state index contributed by atoms with van der Waals surface area (Å²) in [6.07, 6.45) is 1.05. The molecule has 0 heteroatoms. The van der Waals surface area contributed by atoms with Gasteiger partial charge in [-0.2, -0.15) is 0 Å². The van der Waals surface area contributed by atoms with Crippen molar-refractivity contribution in [2.24, 2.45) is 0 Å². The van der Waals surface area contributed by atoms with Crippen LogP contribution in [0.3, 0.4) is 0 Å². The molecule has 0 unspecified atom stereocenters. The van der Waals surface area contributed by atoms with E-state index in [0.29, 0.717) is 0 Å². The minimum atomic E-state index is 1.05. The molecule has 0 bridgehead atoms. The van der Waals surface area contributed by atoms with E-state index < -0.39 is 0 Å². The van der Waals surface area contributed by atoms with E-state index >= 15 is 0 Å². The predicted octanol–water partition coefficient (Wildman–Crippen LogP) is 11.3. The highest BCUT2D eigenvalue weighted by atomic mass is 14.3. The predicted molar refractivity (Wildman–Crippen MR) is 173 cm³/mol. The number of hydrogen-bond acceptors (Lipinski definition) is 0. The van der Waals surface area contributed by atoms with Crippen molar-refractivity contribution in [2.75, 3.05) is 0 Å². The first-order valence-electron chi connectivity index (χ1n) is 14.3. The van der Waals surface area contributed by atoms with E-state index in [-0.39, 0.29) is 0 Å². The molecule has 0 aliphatic heterocycles. The van der Waals surface area contributed by atoms with Crippen LogP contribution in [0.1, 0.15) is 23.6 Å². The third-order valence-electron chi connectivity index (χ3n) is 8.95. The van der Waals surface area contributed by atoms with Gasteiger partial charge in [0.25, 0.3) is 0 Å². The summed E-state index contributed by atoms with van der Waals surface area (Å²) in [5.74, 6) is 0. The van der Waals surface area contributed by atoms with Crippen LogP contribution in [0.4, 0.5) is 0 Å². The Labute approximate surface area is 235 Å². The Hall–Kier alpha value is -4.68. The summed E-state index contributed by atoms with van der Waals surface area (Å²) in [6.45, 7) is 6.70. The Morgan fingerprint density at radius 1 is 0.450 bits per heavy atom. The SMILES string of the molecule is CCc1ccc2c(c1)-c1c(C)ccc3c1c-2cc1c2ccc(C)cc2c(-c2ccc(-c4ccccc4)cc2)cc31. The van der Waals surface area contributed by atoms with Crippen LogP contribution in [0.25, 0.3) is 76.8 Å². The molecule has 0 heterocycles. The Balaban J connectivity index is 1.44. The second-order valence-electron chi connectivity index (χ2n) is 11.3. The quantitative estimate of drug-likeness (QED) is 0.207. The fraction of sp³-hybridized carbons (Fsp3) is 0.100. The molecule has 1 aliphatic carbocycles. The lowest BCUT2D eigenvalue weighted by atomic mass is 9.87. The van der Waals surface area contributed by atoms with Gasteiger partial charge in [-0.1, -0.05) is 116 Å². The summed E-state index contributed by atoms with van der Waals surface area (Å²) < 4.78 is 0. The highest BCUT2D eigenvalue weighted by Gasteiger charge is 2.25. The number of fused-ring (bicyclic) bond motifs is 7. The van der Waals surface area contributed by atoms with Gasteiger partial charge in [0.15, 0.2) is 0 Å². The molecule has 0 atom stereocenters. The molecule has 0 amide bonds. The lowest BCUT2D eigenvalue weighted by Gasteiger charge is -2.16. The molecule has 40 heavy (non-hydrogen) atoms. The maximum atomic E-state index is 2.47. The van der Waals surface area contributed by atoms with Gasteiger partial charge < -0.3 is 0 Å². The minimum Gasteiger partial charge on any atom is -0.0622 e. The van der Waals surface area contributed by atoms with E-state index in [4.69, 9.17) is 0 Å². The molecule has 0 fully saturated rings. The molecule has 0 spiro atoms. The topological polar surface area (TPSA) is 0 Å². The van der Waals surface area contributed by atoms with Crippen LogP contribution < -0.4 is 0 Å². The van der Waals surface area contributed by atoms with Crippen LogP contribution in [-0.4, -0.2) is 0 Å². The molecular formula is C40H30. The van der Waals surface area contributed by atoms with Crippen LogP contribution >= 0.6 is 0 Å². The standard InChI is InChI=1S/C40H30/c1-4-26-12-19-31-37(21-26)39-25(3)11-18-32-36-22-33(29-15-13-28(14-16-29)27-8-6-5-7-9-27)34-20-24(2)10-17-30(34)35(36)23-38(31)40(32)39/h5-23H,4H2,1-3H3. The molecule has 190 valence electrons. The van der Waals surface area contributed by atoms with Gasteiger partial charge in [0.1, 0.15) is 0 Å². The van der Waals surface area contributed by atoms with Gasteiger partial charge in [-0.3, -0.25) is 0 Å². The van der Waals surface area contributed by atoms with E-state index in [9.17, 15) is 0 Å². The highest BCUT2D eigenvalue weighted by molar-refractivity contribution is 6.29. The van der Waals surface area contributed by atoms with Crippen molar-refractivity contribution >= 4 is 32.3 Å². The zero-order valence-electron chi connectivity index (χ0n) is 23.2. The fourth-order valence-corrected chi connectivity index (χ4v) is 6.89. The minimum absolute atomic E-state index is 1.05. The molecule has 8 rings (SSSR count). The number of rotatable bonds is 3. The molecule has 7 aromatic carbocycles. The van der Waals surface area contributed by atoms with Gasteiger partial charge in [-0.05, 0) is 120 Å². The van der Waals surface area contributed by atoms with E-state index in [2.05, 4.69) is 136 Å². The first kappa shape index (κ1) is 23.2. The number of hydrogen-bond donors (Lipinski definition) is 0. The Kier molecular flexibility index (Phi) is 5.03. The van der Waals surface area contributed by atoms with Crippen LogP contribution in [-0.2, 0) is 6.42 Å². The lowest BCUT2D eigenvalue weighted by molar-refractivity contribution is 1.14. The maximum absolute atomic E-state index is 2.47. The molecule has 0 radical (unpaired) electrons. The van der Waals surface area contributed by atoms with Crippen molar-refractivity contribution in [2.45, 2.75) is 27.2 Å². The summed E-state index contributed by atoms with van der Waals surface area (Å²) in [5.41, 5.74) is 14.6. The summed E-state index contributed by atoms with van der Waals surface area (Å²) in [4.78, 5) is 0. The van der Waals surface area contributed by atoms with Crippen LogP contribution in [0.5, 0.6) is 0 Å². The molecule has 0 saturated heterocycles. The van der Waals surface area contributed by atoms with Gasteiger partial charge in [0, 0.05) is 0 Å². The normalized spacial score (nSPS) is 12.0. The smallest absolute Gasteiger partial charge is 0.00172 e. The molecule has 7 aromatic rings. The summed E-state index contributed by atoms with van der Waals surface area (Å²) in [6, 6.07) is 43.4. The molecule has 1 aliphatic rings. The zero-order valence-corrected chi connectivity index (χ0v) is 23.2.